The molecule has 23 heavy (non-hydrogen) atoms. The Morgan fingerprint density at radius 2 is 1.91 bits per heavy atom. The number of aromatic hydroxyl groups is 1. The van der Waals surface area contributed by atoms with Crippen LogP contribution >= 0.6 is 0 Å². The van der Waals surface area contributed by atoms with E-state index in [2.05, 4.69) is 0 Å². The van der Waals surface area contributed by atoms with Crippen LogP contribution in [0, 0.1) is 0 Å². The molecule has 2 aromatic carbocycles. The molecule has 0 spiro atoms. The maximum Gasteiger partial charge on any atom is 0.416 e. The molecule has 0 aliphatic rings. The van der Waals surface area contributed by atoms with Gasteiger partial charge in [0.25, 0.3) is 0 Å². The first-order valence-electron chi connectivity index (χ1n) is 6.58. The number of rotatable bonds is 4. The summed E-state index contributed by atoms with van der Waals surface area (Å²) in [5.74, 6) is -0.380. The van der Waals surface area contributed by atoms with Gasteiger partial charge in [-0.2, -0.15) is 13.2 Å². The van der Waals surface area contributed by atoms with Crippen molar-refractivity contribution in [3.05, 3.63) is 65.2 Å². The second-order valence-corrected chi connectivity index (χ2v) is 4.71. The first-order chi connectivity index (χ1) is 10.8. The third-order valence-corrected chi connectivity index (χ3v) is 3.11. The molecule has 0 aromatic heterocycles. The molecule has 0 aliphatic carbocycles. The van der Waals surface area contributed by atoms with Gasteiger partial charge >= 0.3 is 6.18 Å². The Bertz CT molecular complexity index is 749. The molecule has 0 fully saturated rings. The van der Waals surface area contributed by atoms with Crippen molar-refractivity contribution in [3.8, 4) is 11.5 Å². The highest BCUT2D eigenvalue weighted by Crippen LogP contribution is 2.30. The van der Waals surface area contributed by atoms with Crippen LogP contribution in [0.4, 0.5) is 13.2 Å². The summed E-state index contributed by atoms with van der Waals surface area (Å²) in [4.78, 5) is 12.0. The van der Waals surface area contributed by atoms with E-state index in [4.69, 9.17) is 4.74 Å². The average molecular weight is 322 g/mol. The molecule has 0 unspecified atom stereocenters. The molecule has 0 bridgehead atoms. The fourth-order valence-electron chi connectivity index (χ4n) is 1.92. The number of allylic oxidation sites excluding steroid dienone is 1. The Morgan fingerprint density at radius 3 is 2.57 bits per heavy atom. The number of phenolic OH excluding ortho intramolecular Hbond substituents is 1. The molecule has 120 valence electrons. The van der Waals surface area contributed by atoms with Crippen LogP contribution < -0.4 is 4.74 Å². The summed E-state index contributed by atoms with van der Waals surface area (Å²) in [6, 6.07) is 8.73. The summed E-state index contributed by atoms with van der Waals surface area (Å²) >= 11 is 0. The predicted octanol–water partition coefficient (Wildman–Crippen LogP) is 4.32. The zero-order valence-electron chi connectivity index (χ0n) is 12.1. The maximum absolute atomic E-state index is 12.6. The van der Waals surface area contributed by atoms with Crippen LogP contribution in [0.1, 0.15) is 21.5 Å². The second kappa shape index (κ2) is 6.56. The van der Waals surface area contributed by atoms with E-state index < -0.39 is 17.5 Å². The van der Waals surface area contributed by atoms with Crippen LogP contribution in [0.2, 0.25) is 0 Å². The fraction of sp³-hybridized carbons (Fsp3) is 0.118. The first kappa shape index (κ1) is 16.6. The zero-order valence-corrected chi connectivity index (χ0v) is 12.1. The van der Waals surface area contributed by atoms with Crippen molar-refractivity contribution >= 4 is 11.9 Å². The standard InChI is InChI=1S/C17H13F3O3/c1-23-16-10-12(6-8-15(16)22)14(21)7-5-11-3-2-4-13(9-11)17(18,19)20/h2-10,22H,1H3. The molecular weight excluding hydrogens is 309 g/mol. The number of ketones is 1. The van der Waals surface area contributed by atoms with Crippen molar-refractivity contribution in [2.75, 3.05) is 7.11 Å². The van der Waals surface area contributed by atoms with Gasteiger partial charge < -0.3 is 9.84 Å². The monoisotopic (exact) mass is 322 g/mol. The Kier molecular flexibility index (Phi) is 4.74. The lowest BCUT2D eigenvalue weighted by molar-refractivity contribution is -0.137. The third-order valence-electron chi connectivity index (χ3n) is 3.11. The topological polar surface area (TPSA) is 46.5 Å². The van der Waals surface area contributed by atoms with Gasteiger partial charge in [-0.15, -0.1) is 0 Å². The van der Waals surface area contributed by atoms with Gasteiger partial charge in [0.2, 0.25) is 0 Å². The molecular formula is C17H13F3O3. The normalized spacial score (nSPS) is 11.7. The molecule has 3 nitrogen and oxygen atoms in total. The van der Waals surface area contributed by atoms with Gasteiger partial charge in [0, 0.05) is 5.56 Å². The largest absolute Gasteiger partial charge is 0.504 e. The molecule has 6 heteroatoms. The van der Waals surface area contributed by atoms with E-state index in [1.165, 1.54) is 49.6 Å². The van der Waals surface area contributed by atoms with Crippen molar-refractivity contribution in [1.82, 2.24) is 0 Å². The summed E-state index contributed by atoms with van der Waals surface area (Å²) in [6.45, 7) is 0. The van der Waals surface area contributed by atoms with Crippen LogP contribution in [0.15, 0.2) is 48.5 Å². The minimum atomic E-state index is -4.43. The summed E-state index contributed by atoms with van der Waals surface area (Å²) in [5, 5.41) is 9.47. The van der Waals surface area contributed by atoms with Gasteiger partial charge in [-0.05, 0) is 42.0 Å². The molecule has 2 aromatic rings. The SMILES string of the molecule is COc1cc(C(=O)C=Cc2cccc(C(F)(F)F)c2)ccc1O. The lowest BCUT2D eigenvalue weighted by Gasteiger charge is -2.06. The number of carbonyl (C=O) groups is 1. The third kappa shape index (κ3) is 4.12. The Hall–Kier alpha value is -2.76. The van der Waals surface area contributed by atoms with E-state index in [1.54, 1.807) is 0 Å². The van der Waals surface area contributed by atoms with Gasteiger partial charge in [-0.1, -0.05) is 18.2 Å². The molecule has 0 saturated carbocycles. The van der Waals surface area contributed by atoms with Crippen LogP contribution in [0.5, 0.6) is 11.5 Å². The summed E-state index contributed by atoms with van der Waals surface area (Å²) < 4.78 is 42.8. The number of hydrogen-bond acceptors (Lipinski definition) is 3. The minimum absolute atomic E-state index is 0.106. The molecule has 0 saturated heterocycles. The molecule has 0 amide bonds. The molecule has 1 N–H and O–H groups in total. The van der Waals surface area contributed by atoms with Crippen molar-refractivity contribution < 1.29 is 27.8 Å². The smallest absolute Gasteiger partial charge is 0.416 e. The van der Waals surface area contributed by atoms with Crippen molar-refractivity contribution in [2.24, 2.45) is 0 Å². The number of phenols is 1. The van der Waals surface area contributed by atoms with Crippen molar-refractivity contribution in [2.45, 2.75) is 6.18 Å². The van der Waals surface area contributed by atoms with E-state index in [9.17, 15) is 23.1 Å². The van der Waals surface area contributed by atoms with E-state index in [1.807, 2.05) is 0 Å². The lowest BCUT2D eigenvalue weighted by Crippen LogP contribution is -2.04. The molecule has 0 aliphatic heterocycles. The highest BCUT2D eigenvalue weighted by molar-refractivity contribution is 6.07. The van der Waals surface area contributed by atoms with Crippen LogP contribution in [0.3, 0.4) is 0 Å². The van der Waals surface area contributed by atoms with Gasteiger partial charge in [-0.25, -0.2) is 0 Å². The van der Waals surface area contributed by atoms with E-state index in [0.717, 1.165) is 12.1 Å². The van der Waals surface area contributed by atoms with E-state index in [-0.39, 0.29) is 22.6 Å². The summed E-state index contributed by atoms with van der Waals surface area (Å²) in [7, 11) is 1.35. The van der Waals surface area contributed by atoms with Gasteiger partial charge in [0.15, 0.2) is 17.3 Å². The number of halogens is 3. The molecule has 0 atom stereocenters. The summed E-state index contributed by atoms with van der Waals surface area (Å²) in [5.41, 5.74) is -0.264. The number of alkyl halides is 3. The van der Waals surface area contributed by atoms with Gasteiger partial charge in [0.1, 0.15) is 0 Å². The molecule has 0 heterocycles. The van der Waals surface area contributed by atoms with E-state index >= 15 is 0 Å². The van der Waals surface area contributed by atoms with Crippen molar-refractivity contribution in [3.63, 3.8) is 0 Å². The predicted molar refractivity (Wildman–Crippen MR) is 79.5 cm³/mol. The maximum atomic E-state index is 12.6. The van der Waals surface area contributed by atoms with Gasteiger partial charge in [0.05, 0.1) is 12.7 Å². The molecule has 0 radical (unpaired) electrons. The molecule has 2 rings (SSSR count). The van der Waals surface area contributed by atoms with Crippen LogP contribution in [-0.2, 0) is 6.18 Å². The quantitative estimate of drug-likeness (QED) is 0.674. The number of ether oxygens (including phenoxy) is 1. The van der Waals surface area contributed by atoms with E-state index in [0.29, 0.717) is 0 Å². The Balaban J connectivity index is 2.22. The Labute approximate surface area is 130 Å². The number of methoxy groups -OCH3 is 1. The summed E-state index contributed by atoms with van der Waals surface area (Å²) in [6.07, 6.45) is -1.96. The van der Waals surface area contributed by atoms with Gasteiger partial charge in [-0.3, -0.25) is 4.79 Å². The number of benzene rings is 2. The fourth-order valence-corrected chi connectivity index (χ4v) is 1.92. The highest BCUT2D eigenvalue weighted by atomic mass is 19.4. The Morgan fingerprint density at radius 1 is 1.17 bits per heavy atom. The number of carbonyl (C=O) groups excluding carboxylic acids is 1. The zero-order chi connectivity index (χ0) is 17.0. The highest BCUT2D eigenvalue weighted by Gasteiger charge is 2.30. The average Bonchev–Trinajstić information content (AvgIpc) is 2.52. The van der Waals surface area contributed by atoms with Crippen molar-refractivity contribution in [1.29, 1.82) is 0 Å². The minimum Gasteiger partial charge on any atom is -0.504 e. The number of hydrogen-bond donors (Lipinski definition) is 1. The second-order valence-electron chi connectivity index (χ2n) is 4.71. The first-order valence-corrected chi connectivity index (χ1v) is 6.58. The lowest BCUT2D eigenvalue weighted by atomic mass is 10.1. The van der Waals surface area contributed by atoms with Crippen LogP contribution in [-0.4, -0.2) is 18.0 Å². The van der Waals surface area contributed by atoms with Crippen LogP contribution in [0.25, 0.3) is 6.08 Å².